The standard InChI is InChI=1S/C21H16ClN3O5/c22-15-3-1-2-14(12-15)21(27)24-17-6-4-16(5-7-17)23-20(26)13-30-19-10-8-18(9-11-19)25(28)29/h1-12H,13H2,(H,23,26)(H,24,27). The van der Waals surface area contributed by atoms with E-state index in [1.54, 1.807) is 48.5 Å². The van der Waals surface area contributed by atoms with Gasteiger partial charge in [-0.3, -0.25) is 19.7 Å². The van der Waals surface area contributed by atoms with E-state index in [4.69, 9.17) is 16.3 Å². The van der Waals surface area contributed by atoms with Gasteiger partial charge < -0.3 is 15.4 Å². The lowest BCUT2D eigenvalue weighted by Gasteiger charge is -2.09. The van der Waals surface area contributed by atoms with Gasteiger partial charge in [0.2, 0.25) is 0 Å². The molecule has 0 fully saturated rings. The predicted molar refractivity (Wildman–Crippen MR) is 113 cm³/mol. The summed E-state index contributed by atoms with van der Waals surface area (Å²) in [6.45, 7) is -0.259. The van der Waals surface area contributed by atoms with Gasteiger partial charge in [0, 0.05) is 34.1 Å². The number of rotatable bonds is 7. The van der Waals surface area contributed by atoms with Crippen LogP contribution in [0.15, 0.2) is 72.8 Å². The maximum Gasteiger partial charge on any atom is 0.269 e. The van der Waals surface area contributed by atoms with Gasteiger partial charge in [-0.15, -0.1) is 0 Å². The second-order valence-corrected chi connectivity index (χ2v) is 6.57. The number of ether oxygens (including phenoxy) is 1. The molecule has 30 heavy (non-hydrogen) atoms. The van der Waals surface area contributed by atoms with Crippen LogP contribution in [0.1, 0.15) is 10.4 Å². The molecule has 0 aliphatic heterocycles. The highest BCUT2D eigenvalue weighted by atomic mass is 35.5. The Balaban J connectivity index is 1.50. The highest BCUT2D eigenvalue weighted by molar-refractivity contribution is 6.31. The fraction of sp³-hybridized carbons (Fsp3) is 0.0476. The maximum absolute atomic E-state index is 12.2. The van der Waals surface area contributed by atoms with Crippen molar-refractivity contribution >= 4 is 40.5 Å². The Hall–Kier alpha value is -3.91. The molecule has 152 valence electrons. The quantitative estimate of drug-likeness (QED) is 0.427. The number of nitrogens with one attached hydrogen (secondary N) is 2. The molecule has 3 aromatic rings. The first kappa shape index (κ1) is 20.8. The number of carbonyl (C=O) groups is 2. The number of nitro benzene ring substituents is 1. The molecule has 0 spiro atoms. The first-order valence-corrected chi connectivity index (χ1v) is 9.12. The molecule has 2 amide bonds. The largest absolute Gasteiger partial charge is 0.484 e. The summed E-state index contributed by atoms with van der Waals surface area (Å²) >= 11 is 5.89. The van der Waals surface area contributed by atoms with Crippen LogP contribution in [-0.2, 0) is 4.79 Å². The lowest BCUT2D eigenvalue weighted by Crippen LogP contribution is -2.20. The van der Waals surface area contributed by atoms with E-state index in [0.717, 1.165) is 0 Å². The van der Waals surface area contributed by atoms with E-state index in [1.807, 2.05) is 0 Å². The molecule has 0 saturated heterocycles. The summed E-state index contributed by atoms with van der Waals surface area (Å²) in [6, 6.07) is 18.6. The van der Waals surface area contributed by atoms with Crippen LogP contribution < -0.4 is 15.4 Å². The van der Waals surface area contributed by atoms with E-state index in [0.29, 0.717) is 27.7 Å². The molecule has 0 aliphatic carbocycles. The lowest BCUT2D eigenvalue weighted by molar-refractivity contribution is -0.384. The normalized spacial score (nSPS) is 10.2. The molecule has 3 rings (SSSR count). The molecule has 0 saturated carbocycles. The molecule has 0 radical (unpaired) electrons. The van der Waals surface area contributed by atoms with Crippen molar-refractivity contribution in [3.63, 3.8) is 0 Å². The van der Waals surface area contributed by atoms with Gasteiger partial charge in [-0.2, -0.15) is 0 Å². The molecule has 0 bridgehead atoms. The minimum absolute atomic E-state index is 0.0608. The summed E-state index contributed by atoms with van der Waals surface area (Å²) in [5, 5.41) is 16.5. The van der Waals surface area contributed by atoms with E-state index in [1.165, 1.54) is 24.3 Å². The Labute approximate surface area is 176 Å². The molecule has 0 atom stereocenters. The van der Waals surface area contributed by atoms with Crippen molar-refractivity contribution in [2.75, 3.05) is 17.2 Å². The second kappa shape index (κ2) is 9.53. The first-order chi connectivity index (χ1) is 14.4. The van der Waals surface area contributed by atoms with Gasteiger partial charge >= 0.3 is 0 Å². The van der Waals surface area contributed by atoms with Crippen LogP contribution in [0.25, 0.3) is 0 Å². The third-order valence-electron chi connectivity index (χ3n) is 3.93. The summed E-state index contributed by atoms with van der Waals surface area (Å²) in [7, 11) is 0. The first-order valence-electron chi connectivity index (χ1n) is 8.75. The SMILES string of the molecule is O=C(COc1ccc([N+](=O)[O-])cc1)Nc1ccc(NC(=O)c2cccc(Cl)c2)cc1. The lowest BCUT2D eigenvalue weighted by atomic mass is 10.2. The van der Waals surface area contributed by atoms with Crippen molar-refractivity contribution in [2.45, 2.75) is 0 Å². The van der Waals surface area contributed by atoms with Crippen LogP contribution in [0.4, 0.5) is 17.1 Å². The van der Waals surface area contributed by atoms with Crippen LogP contribution in [0.3, 0.4) is 0 Å². The molecular formula is C21H16ClN3O5. The number of amides is 2. The number of hydrogen-bond acceptors (Lipinski definition) is 5. The fourth-order valence-corrected chi connectivity index (χ4v) is 2.67. The molecule has 9 heteroatoms. The van der Waals surface area contributed by atoms with Crippen LogP contribution in [0.5, 0.6) is 5.75 Å². The zero-order valence-electron chi connectivity index (χ0n) is 15.5. The summed E-state index contributed by atoms with van der Waals surface area (Å²) in [5.74, 6) is -0.357. The molecular weight excluding hydrogens is 410 g/mol. The molecule has 0 aliphatic rings. The number of halogens is 1. The van der Waals surface area contributed by atoms with Gasteiger partial charge in [-0.25, -0.2) is 0 Å². The van der Waals surface area contributed by atoms with E-state index >= 15 is 0 Å². The average molecular weight is 426 g/mol. The van der Waals surface area contributed by atoms with Crippen LogP contribution in [0, 0.1) is 10.1 Å². The van der Waals surface area contributed by atoms with Crippen LogP contribution >= 0.6 is 11.6 Å². The highest BCUT2D eigenvalue weighted by Gasteiger charge is 2.09. The molecule has 3 aromatic carbocycles. The maximum atomic E-state index is 12.2. The van der Waals surface area contributed by atoms with Gasteiger partial charge in [0.15, 0.2) is 6.61 Å². The zero-order valence-corrected chi connectivity index (χ0v) is 16.3. The highest BCUT2D eigenvalue weighted by Crippen LogP contribution is 2.18. The number of nitro groups is 1. The molecule has 8 nitrogen and oxygen atoms in total. The van der Waals surface area contributed by atoms with Gasteiger partial charge in [-0.05, 0) is 54.6 Å². The summed E-state index contributed by atoms with van der Waals surface area (Å²) in [6.07, 6.45) is 0. The summed E-state index contributed by atoms with van der Waals surface area (Å²) in [5.41, 5.74) is 1.45. The van der Waals surface area contributed by atoms with Gasteiger partial charge in [0.05, 0.1) is 4.92 Å². The monoisotopic (exact) mass is 425 g/mol. The number of benzene rings is 3. The van der Waals surface area contributed by atoms with Crippen molar-refractivity contribution in [1.29, 1.82) is 0 Å². The molecule has 0 unspecified atom stereocenters. The second-order valence-electron chi connectivity index (χ2n) is 6.13. The Morgan fingerprint density at radius 2 is 1.57 bits per heavy atom. The third-order valence-corrected chi connectivity index (χ3v) is 4.17. The van der Waals surface area contributed by atoms with Crippen LogP contribution in [0.2, 0.25) is 5.02 Å². The van der Waals surface area contributed by atoms with Crippen LogP contribution in [-0.4, -0.2) is 23.3 Å². The van der Waals surface area contributed by atoms with Crippen molar-refractivity contribution in [1.82, 2.24) is 0 Å². The Morgan fingerprint density at radius 1 is 0.933 bits per heavy atom. The number of carbonyl (C=O) groups excluding carboxylic acids is 2. The molecule has 0 heterocycles. The van der Waals surface area contributed by atoms with Gasteiger partial charge in [0.1, 0.15) is 5.75 Å². The Morgan fingerprint density at radius 3 is 2.17 bits per heavy atom. The fourth-order valence-electron chi connectivity index (χ4n) is 2.48. The van der Waals surface area contributed by atoms with Gasteiger partial charge in [-0.1, -0.05) is 17.7 Å². The van der Waals surface area contributed by atoms with Crippen molar-refractivity contribution < 1.29 is 19.2 Å². The van der Waals surface area contributed by atoms with Crippen molar-refractivity contribution in [2.24, 2.45) is 0 Å². The summed E-state index contributed by atoms with van der Waals surface area (Å²) < 4.78 is 5.31. The average Bonchev–Trinajstić information content (AvgIpc) is 2.74. The zero-order chi connectivity index (χ0) is 21.5. The van der Waals surface area contributed by atoms with Gasteiger partial charge in [0.25, 0.3) is 17.5 Å². The predicted octanol–water partition coefficient (Wildman–Crippen LogP) is 4.52. The minimum atomic E-state index is -0.516. The van der Waals surface area contributed by atoms with E-state index < -0.39 is 10.8 Å². The molecule has 2 N–H and O–H groups in total. The smallest absolute Gasteiger partial charge is 0.269 e. The van der Waals surface area contributed by atoms with Crippen molar-refractivity contribution in [3.8, 4) is 5.75 Å². The summed E-state index contributed by atoms with van der Waals surface area (Å²) in [4.78, 5) is 34.3. The van der Waals surface area contributed by atoms with E-state index in [-0.39, 0.29) is 18.2 Å². The van der Waals surface area contributed by atoms with E-state index in [2.05, 4.69) is 10.6 Å². The van der Waals surface area contributed by atoms with E-state index in [9.17, 15) is 19.7 Å². The minimum Gasteiger partial charge on any atom is -0.484 e. The number of non-ortho nitro benzene ring substituents is 1. The topological polar surface area (TPSA) is 111 Å². The number of hydrogen-bond donors (Lipinski definition) is 2. The number of anilines is 2. The molecule has 0 aromatic heterocycles. The third kappa shape index (κ3) is 5.79. The van der Waals surface area contributed by atoms with Crippen molar-refractivity contribution in [3.05, 3.63) is 93.5 Å². The Kier molecular flexibility index (Phi) is 6.61. The Bertz CT molecular complexity index is 1070. The number of nitrogens with zero attached hydrogens (tertiary/aromatic N) is 1.